The standard InChI is InChI=1S/C26H34O10/c1-11-8-17-24(32,21(11)31)9-16(10-34-13(3)27)19(30)18-20-23(6,7)26(20,36-15(5)29)22(35-14(4)28)12(2)25(17,18)33/h8-9,12,17-20,22,30,32-33H,10H2,1-7H3. The number of carbonyl (C=O) groups excluding carboxylic acids is 4. The quantitative estimate of drug-likeness (QED) is 0.280. The molecular formula is C26H34O10. The molecule has 0 heterocycles. The summed E-state index contributed by atoms with van der Waals surface area (Å²) in [4.78, 5) is 49.2. The summed E-state index contributed by atoms with van der Waals surface area (Å²) in [6, 6.07) is 0. The van der Waals surface area contributed by atoms with E-state index in [0.29, 0.717) is 0 Å². The van der Waals surface area contributed by atoms with Gasteiger partial charge >= 0.3 is 17.9 Å². The van der Waals surface area contributed by atoms with Gasteiger partial charge in [-0.1, -0.05) is 26.8 Å². The molecule has 3 N–H and O–H groups in total. The van der Waals surface area contributed by atoms with Crippen molar-refractivity contribution in [3.05, 3.63) is 23.3 Å². The van der Waals surface area contributed by atoms with Gasteiger partial charge < -0.3 is 29.5 Å². The minimum absolute atomic E-state index is 0.0487. The highest BCUT2D eigenvalue weighted by Gasteiger charge is 2.89. The summed E-state index contributed by atoms with van der Waals surface area (Å²) in [6.45, 7) is 9.88. The molecule has 0 amide bonds. The van der Waals surface area contributed by atoms with Crippen LogP contribution in [0.15, 0.2) is 23.3 Å². The Morgan fingerprint density at radius 2 is 1.67 bits per heavy atom. The molecule has 9 unspecified atom stereocenters. The molecule has 0 bridgehead atoms. The zero-order valence-corrected chi connectivity index (χ0v) is 21.5. The second-order valence-corrected chi connectivity index (χ2v) is 11.2. The van der Waals surface area contributed by atoms with Gasteiger partial charge in [0.1, 0.15) is 12.7 Å². The number of ketones is 1. The van der Waals surface area contributed by atoms with E-state index in [-0.39, 0.29) is 11.1 Å². The molecule has 4 aliphatic rings. The average molecular weight is 507 g/mol. The Kier molecular flexibility index (Phi) is 5.87. The van der Waals surface area contributed by atoms with Crippen molar-refractivity contribution in [2.24, 2.45) is 29.1 Å². The van der Waals surface area contributed by atoms with Crippen LogP contribution in [0.25, 0.3) is 0 Å². The number of aliphatic hydroxyl groups is 3. The lowest BCUT2D eigenvalue weighted by molar-refractivity contribution is -0.239. The molecule has 0 spiro atoms. The van der Waals surface area contributed by atoms with Crippen LogP contribution < -0.4 is 0 Å². The first-order valence-corrected chi connectivity index (χ1v) is 12.1. The first-order valence-electron chi connectivity index (χ1n) is 12.1. The van der Waals surface area contributed by atoms with Gasteiger partial charge in [0, 0.05) is 49.9 Å². The van der Waals surface area contributed by atoms with Crippen molar-refractivity contribution in [1.29, 1.82) is 0 Å². The molecule has 0 radical (unpaired) electrons. The normalized spacial score (nSPS) is 44.1. The fraction of sp³-hybridized carbons (Fsp3) is 0.692. The molecule has 2 fully saturated rings. The highest BCUT2D eigenvalue weighted by atomic mass is 16.6. The Hall–Kier alpha value is -2.56. The zero-order valence-electron chi connectivity index (χ0n) is 21.5. The highest BCUT2D eigenvalue weighted by molar-refractivity contribution is 6.06. The molecule has 10 nitrogen and oxygen atoms in total. The van der Waals surface area contributed by atoms with E-state index in [0.717, 1.165) is 0 Å². The van der Waals surface area contributed by atoms with Crippen LogP contribution in [-0.4, -0.2) is 74.6 Å². The number of aliphatic hydroxyl groups excluding tert-OH is 1. The van der Waals surface area contributed by atoms with E-state index < -0.39 is 88.4 Å². The Labute approximate surface area is 209 Å². The molecule has 0 aliphatic heterocycles. The largest absolute Gasteiger partial charge is 0.461 e. The Balaban J connectivity index is 1.98. The molecule has 9 atom stereocenters. The van der Waals surface area contributed by atoms with Crippen LogP contribution in [0.4, 0.5) is 0 Å². The van der Waals surface area contributed by atoms with Gasteiger partial charge in [0.2, 0.25) is 0 Å². The lowest BCUT2D eigenvalue weighted by Crippen LogP contribution is -2.67. The van der Waals surface area contributed by atoms with E-state index in [9.17, 15) is 34.5 Å². The molecule has 0 saturated heterocycles. The summed E-state index contributed by atoms with van der Waals surface area (Å²) >= 11 is 0. The monoisotopic (exact) mass is 506 g/mol. The topological polar surface area (TPSA) is 157 Å². The lowest BCUT2D eigenvalue weighted by atomic mass is 9.58. The molecular weight excluding hydrogens is 472 g/mol. The summed E-state index contributed by atoms with van der Waals surface area (Å²) in [5.74, 6) is -6.59. The fourth-order valence-corrected chi connectivity index (χ4v) is 7.49. The first-order chi connectivity index (χ1) is 16.5. The van der Waals surface area contributed by atoms with Crippen LogP contribution in [-0.2, 0) is 33.4 Å². The van der Waals surface area contributed by atoms with Gasteiger partial charge in [-0.15, -0.1) is 0 Å². The van der Waals surface area contributed by atoms with Crippen LogP contribution >= 0.6 is 0 Å². The van der Waals surface area contributed by atoms with E-state index in [4.69, 9.17) is 14.2 Å². The summed E-state index contributed by atoms with van der Waals surface area (Å²) in [5, 5.41) is 36.0. The third kappa shape index (κ3) is 3.20. The molecule has 4 rings (SSSR count). The minimum Gasteiger partial charge on any atom is -0.461 e. The van der Waals surface area contributed by atoms with Gasteiger partial charge in [0.15, 0.2) is 17.0 Å². The van der Waals surface area contributed by atoms with E-state index in [1.807, 2.05) is 0 Å². The minimum atomic E-state index is -2.24. The van der Waals surface area contributed by atoms with Crippen molar-refractivity contribution < 1.29 is 48.7 Å². The second kappa shape index (κ2) is 7.97. The predicted octanol–water partition coefficient (Wildman–Crippen LogP) is 0.613. The number of ether oxygens (including phenoxy) is 3. The maximum absolute atomic E-state index is 13.2. The van der Waals surface area contributed by atoms with Gasteiger partial charge in [-0.2, -0.15) is 0 Å². The second-order valence-electron chi connectivity index (χ2n) is 11.2. The van der Waals surface area contributed by atoms with Crippen molar-refractivity contribution in [2.75, 3.05) is 6.61 Å². The molecule has 0 aromatic rings. The SMILES string of the molecule is CC(=O)OCC1=CC2(O)C(=O)C(C)=CC2C2(O)C(C)C(OC(C)=O)C3(OC(C)=O)C(C2C1O)C3(C)C. The lowest BCUT2D eigenvalue weighted by Gasteiger charge is -2.54. The first kappa shape index (κ1) is 26.5. The van der Waals surface area contributed by atoms with E-state index in [1.54, 1.807) is 20.8 Å². The van der Waals surface area contributed by atoms with Crippen LogP contribution in [0, 0.1) is 29.1 Å². The van der Waals surface area contributed by atoms with Crippen LogP contribution in [0.3, 0.4) is 0 Å². The summed E-state index contributed by atoms with van der Waals surface area (Å²) in [5.41, 5.74) is -6.21. The number of fused-ring (bicyclic) bond motifs is 5. The highest BCUT2D eigenvalue weighted by Crippen LogP contribution is 2.77. The molecule has 10 heteroatoms. The Morgan fingerprint density at radius 1 is 1.06 bits per heavy atom. The Morgan fingerprint density at radius 3 is 2.19 bits per heavy atom. The molecule has 198 valence electrons. The van der Waals surface area contributed by atoms with E-state index in [2.05, 4.69) is 0 Å². The van der Waals surface area contributed by atoms with Gasteiger partial charge in [-0.3, -0.25) is 19.2 Å². The third-order valence-electron chi connectivity index (χ3n) is 8.95. The van der Waals surface area contributed by atoms with Crippen molar-refractivity contribution >= 4 is 23.7 Å². The van der Waals surface area contributed by atoms with Gasteiger partial charge in [-0.05, 0) is 24.1 Å². The van der Waals surface area contributed by atoms with Crippen LogP contribution in [0.2, 0.25) is 0 Å². The third-order valence-corrected chi connectivity index (χ3v) is 8.95. The predicted molar refractivity (Wildman–Crippen MR) is 123 cm³/mol. The number of rotatable bonds is 4. The zero-order chi connectivity index (χ0) is 27.2. The number of esters is 3. The fourth-order valence-electron chi connectivity index (χ4n) is 7.49. The molecule has 0 aromatic carbocycles. The van der Waals surface area contributed by atoms with Crippen LogP contribution in [0.5, 0.6) is 0 Å². The maximum atomic E-state index is 13.2. The number of hydrogen-bond donors (Lipinski definition) is 3. The van der Waals surface area contributed by atoms with Gasteiger partial charge in [0.05, 0.1) is 11.7 Å². The number of hydrogen-bond acceptors (Lipinski definition) is 10. The maximum Gasteiger partial charge on any atom is 0.303 e. The molecule has 2 saturated carbocycles. The van der Waals surface area contributed by atoms with Crippen molar-refractivity contribution in [2.45, 2.75) is 77.5 Å². The van der Waals surface area contributed by atoms with Gasteiger partial charge in [-0.25, -0.2) is 0 Å². The molecule has 0 aromatic heterocycles. The summed E-state index contributed by atoms with van der Waals surface area (Å²) < 4.78 is 16.7. The van der Waals surface area contributed by atoms with E-state index >= 15 is 0 Å². The van der Waals surface area contributed by atoms with Crippen LogP contribution in [0.1, 0.15) is 48.5 Å². The number of Topliss-reactive ketones (excluding diaryl/α,β-unsaturated/α-hetero) is 1. The Bertz CT molecular complexity index is 1100. The van der Waals surface area contributed by atoms with Crippen molar-refractivity contribution in [1.82, 2.24) is 0 Å². The van der Waals surface area contributed by atoms with Gasteiger partial charge in [0.25, 0.3) is 0 Å². The molecule has 36 heavy (non-hydrogen) atoms. The summed E-state index contributed by atoms with van der Waals surface area (Å²) in [7, 11) is 0. The number of carbonyl (C=O) groups is 4. The average Bonchev–Trinajstić information content (AvgIpc) is 3.15. The molecule has 4 aliphatic carbocycles. The van der Waals surface area contributed by atoms with Crippen molar-refractivity contribution in [3.8, 4) is 0 Å². The van der Waals surface area contributed by atoms with E-state index in [1.165, 1.54) is 39.8 Å². The van der Waals surface area contributed by atoms with Crippen molar-refractivity contribution in [3.63, 3.8) is 0 Å². The smallest absolute Gasteiger partial charge is 0.303 e. The summed E-state index contributed by atoms with van der Waals surface area (Å²) in [6.07, 6.45) is 0.0416.